The summed E-state index contributed by atoms with van der Waals surface area (Å²) >= 11 is 3.13. The largest absolute Gasteiger partial charge is 0.483 e. The first-order valence-electron chi connectivity index (χ1n) is 5.43. The third kappa shape index (κ3) is 5.16. The number of hydrogen-bond acceptors (Lipinski definition) is 5. The second-order valence-corrected chi connectivity index (χ2v) is 6.10. The summed E-state index contributed by atoms with van der Waals surface area (Å²) in [5.74, 6) is -0.0597. The summed E-state index contributed by atoms with van der Waals surface area (Å²) in [5, 5.41) is 15.8. The number of amides is 1. The molecule has 0 saturated carbocycles. The smallest absolute Gasteiger partial charge is 0.257 e. The van der Waals surface area contributed by atoms with Gasteiger partial charge in [-0.25, -0.2) is 13.6 Å². The third-order valence-electron chi connectivity index (χ3n) is 2.15. The van der Waals surface area contributed by atoms with Gasteiger partial charge in [0.15, 0.2) is 6.61 Å². The number of primary sulfonamides is 1. The molecular formula is C11H12BrN3O4S. The molecular weight excluding hydrogens is 350 g/mol. The van der Waals surface area contributed by atoms with Crippen molar-refractivity contribution in [3.05, 3.63) is 22.7 Å². The lowest BCUT2D eigenvalue weighted by molar-refractivity contribution is -0.123. The number of nitrogens with two attached hydrogens (primary N) is 1. The third-order valence-corrected chi connectivity index (χ3v) is 3.68. The van der Waals surface area contributed by atoms with E-state index in [0.29, 0.717) is 10.2 Å². The number of nitrogens with one attached hydrogen (secondary N) is 1. The zero-order valence-corrected chi connectivity index (χ0v) is 12.7. The van der Waals surface area contributed by atoms with E-state index in [1.165, 1.54) is 18.2 Å². The predicted octanol–water partition coefficient (Wildman–Crippen LogP) is 0.505. The summed E-state index contributed by atoms with van der Waals surface area (Å²) < 4.78 is 27.9. The first kappa shape index (κ1) is 16.4. The van der Waals surface area contributed by atoms with Crippen molar-refractivity contribution in [2.24, 2.45) is 5.14 Å². The van der Waals surface area contributed by atoms with Crippen LogP contribution in [0.5, 0.6) is 5.75 Å². The van der Waals surface area contributed by atoms with Crippen LogP contribution in [-0.2, 0) is 14.8 Å². The Morgan fingerprint density at radius 2 is 2.20 bits per heavy atom. The van der Waals surface area contributed by atoms with Crippen molar-refractivity contribution >= 4 is 31.9 Å². The quantitative estimate of drug-likeness (QED) is 0.714. The van der Waals surface area contributed by atoms with Gasteiger partial charge in [0, 0.05) is 6.54 Å². The van der Waals surface area contributed by atoms with Gasteiger partial charge in [0.2, 0.25) is 10.0 Å². The van der Waals surface area contributed by atoms with Gasteiger partial charge in [-0.15, -0.1) is 0 Å². The van der Waals surface area contributed by atoms with Crippen LogP contribution in [0.2, 0.25) is 0 Å². The van der Waals surface area contributed by atoms with Crippen molar-refractivity contribution in [3.8, 4) is 11.8 Å². The normalized spacial score (nSPS) is 10.7. The molecule has 0 saturated heterocycles. The van der Waals surface area contributed by atoms with Crippen LogP contribution in [0, 0.1) is 11.3 Å². The molecule has 3 N–H and O–H groups in total. The van der Waals surface area contributed by atoms with Crippen molar-refractivity contribution in [1.29, 1.82) is 5.26 Å². The molecule has 1 rings (SSSR count). The highest BCUT2D eigenvalue weighted by Crippen LogP contribution is 2.27. The van der Waals surface area contributed by atoms with Crippen molar-refractivity contribution in [2.45, 2.75) is 11.3 Å². The summed E-state index contributed by atoms with van der Waals surface area (Å²) in [6.07, 6.45) is 0.221. The number of carbonyl (C=O) groups excluding carboxylic acids is 1. The fourth-order valence-electron chi connectivity index (χ4n) is 1.23. The molecule has 0 radical (unpaired) electrons. The minimum Gasteiger partial charge on any atom is -0.483 e. The van der Waals surface area contributed by atoms with Gasteiger partial charge >= 0.3 is 0 Å². The van der Waals surface area contributed by atoms with E-state index in [1.54, 1.807) is 0 Å². The van der Waals surface area contributed by atoms with Gasteiger partial charge in [-0.3, -0.25) is 4.79 Å². The molecule has 1 aromatic rings. The van der Waals surface area contributed by atoms with Gasteiger partial charge in [0.25, 0.3) is 5.91 Å². The predicted molar refractivity (Wildman–Crippen MR) is 74.2 cm³/mol. The fraction of sp³-hybridized carbons (Fsp3) is 0.273. The van der Waals surface area contributed by atoms with Crippen LogP contribution in [-0.4, -0.2) is 27.5 Å². The van der Waals surface area contributed by atoms with Crippen LogP contribution in [0.4, 0.5) is 0 Å². The highest BCUT2D eigenvalue weighted by molar-refractivity contribution is 9.10. The van der Waals surface area contributed by atoms with Crippen LogP contribution >= 0.6 is 15.9 Å². The van der Waals surface area contributed by atoms with Crippen molar-refractivity contribution in [3.63, 3.8) is 0 Å². The first-order valence-corrected chi connectivity index (χ1v) is 7.77. The molecule has 0 heterocycles. The minimum absolute atomic E-state index is 0.0600. The second-order valence-electron chi connectivity index (χ2n) is 3.68. The van der Waals surface area contributed by atoms with E-state index in [4.69, 9.17) is 15.1 Å². The second kappa shape index (κ2) is 7.23. The average Bonchev–Trinajstić information content (AvgIpc) is 2.36. The molecule has 0 bridgehead atoms. The van der Waals surface area contributed by atoms with E-state index in [-0.39, 0.29) is 30.4 Å². The molecule has 1 amide bonds. The monoisotopic (exact) mass is 361 g/mol. The standard InChI is InChI=1S/C11H12BrN3O4S/c12-9-6-8(20(14,17)18)2-3-10(9)19-7-11(16)15-5-1-4-13/h2-3,6H,1,5,7H2,(H,15,16)(H2,14,17,18). The van der Waals surface area contributed by atoms with E-state index >= 15 is 0 Å². The Kier molecular flexibility index (Phi) is 5.94. The summed E-state index contributed by atoms with van der Waals surface area (Å²) in [6.45, 7) is 0.0168. The fourth-order valence-corrected chi connectivity index (χ4v) is 2.41. The van der Waals surface area contributed by atoms with Crippen LogP contribution in [0.25, 0.3) is 0 Å². The molecule has 0 spiro atoms. The van der Waals surface area contributed by atoms with Crippen LogP contribution < -0.4 is 15.2 Å². The van der Waals surface area contributed by atoms with E-state index in [1.807, 2.05) is 6.07 Å². The maximum Gasteiger partial charge on any atom is 0.257 e. The number of halogens is 1. The first-order chi connectivity index (χ1) is 9.34. The van der Waals surface area contributed by atoms with Gasteiger partial charge < -0.3 is 10.1 Å². The summed E-state index contributed by atoms with van der Waals surface area (Å²) in [7, 11) is -3.78. The highest BCUT2D eigenvalue weighted by atomic mass is 79.9. The Morgan fingerprint density at radius 3 is 2.75 bits per heavy atom. The maximum atomic E-state index is 11.4. The van der Waals surface area contributed by atoms with Gasteiger partial charge in [-0.1, -0.05) is 0 Å². The molecule has 0 aliphatic carbocycles. The van der Waals surface area contributed by atoms with Crippen molar-refractivity contribution < 1.29 is 17.9 Å². The van der Waals surface area contributed by atoms with Gasteiger partial charge in [0.1, 0.15) is 5.75 Å². The van der Waals surface area contributed by atoms with E-state index in [9.17, 15) is 13.2 Å². The molecule has 20 heavy (non-hydrogen) atoms. The average molecular weight is 362 g/mol. The van der Waals surface area contributed by atoms with E-state index in [0.717, 1.165) is 0 Å². The number of carbonyl (C=O) groups is 1. The summed E-state index contributed by atoms with van der Waals surface area (Å²) in [6, 6.07) is 5.86. The number of nitriles is 1. The number of rotatable bonds is 6. The number of ether oxygens (including phenoxy) is 1. The maximum absolute atomic E-state index is 11.4. The molecule has 0 aromatic heterocycles. The van der Waals surface area contributed by atoms with Crippen LogP contribution in [0.15, 0.2) is 27.6 Å². The molecule has 1 aromatic carbocycles. The molecule has 7 nitrogen and oxygen atoms in total. The summed E-state index contributed by atoms with van der Waals surface area (Å²) in [5.41, 5.74) is 0. The molecule has 0 aliphatic rings. The Morgan fingerprint density at radius 1 is 1.50 bits per heavy atom. The minimum atomic E-state index is -3.78. The zero-order chi connectivity index (χ0) is 15.2. The lowest BCUT2D eigenvalue weighted by atomic mass is 10.3. The molecule has 0 aliphatic heterocycles. The van der Waals surface area contributed by atoms with Gasteiger partial charge in [0.05, 0.1) is 21.9 Å². The number of benzene rings is 1. The van der Waals surface area contributed by atoms with E-state index < -0.39 is 10.0 Å². The lowest BCUT2D eigenvalue weighted by Crippen LogP contribution is -2.29. The van der Waals surface area contributed by atoms with Crippen LogP contribution in [0.3, 0.4) is 0 Å². The molecule has 108 valence electrons. The van der Waals surface area contributed by atoms with E-state index in [2.05, 4.69) is 21.2 Å². The van der Waals surface area contributed by atoms with Gasteiger partial charge in [-0.05, 0) is 34.1 Å². The topological polar surface area (TPSA) is 122 Å². The van der Waals surface area contributed by atoms with Crippen molar-refractivity contribution in [1.82, 2.24) is 5.32 Å². The Hall–Kier alpha value is -1.63. The van der Waals surface area contributed by atoms with Gasteiger partial charge in [-0.2, -0.15) is 5.26 Å². The molecule has 0 unspecified atom stereocenters. The summed E-state index contributed by atoms with van der Waals surface area (Å²) in [4.78, 5) is 11.3. The number of hydrogen-bond donors (Lipinski definition) is 2. The Labute approximate surface area is 124 Å². The number of sulfonamides is 1. The van der Waals surface area contributed by atoms with Crippen LogP contribution in [0.1, 0.15) is 6.42 Å². The molecule has 9 heteroatoms. The molecule has 0 atom stereocenters. The lowest BCUT2D eigenvalue weighted by Gasteiger charge is -2.09. The highest BCUT2D eigenvalue weighted by Gasteiger charge is 2.11. The zero-order valence-electron chi connectivity index (χ0n) is 10.3. The van der Waals surface area contributed by atoms with Crippen molar-refractivity contribution in [2.75, 3.05) is 13.2 Å². The SMILES string of the molecule is N#CCCNC(=O)COc1ccc(S(N)(=O)=O)cc1Br. The number of nitrogens with zero attached hydrogens (tertiary/aromatic N) is 1. The Bertz CT molecular complexity index is 640. The molecule has 0 fully saturated rings. The Balaban J connectivity index is 2.62.